The molecule has 0 saturated heterocycles. The van der Waals surface area contributed by atoms with E-state index in [1.165, 1.54) is 9.15 Å². The van der Waals surface area contributed by atoms with Crippen molar-refractivity contribution in [2.24, 2.45) is 5.92 Å². The average molecular weight is 392 g/mol. The monoisotopic (exact) mass is 392 g/mol. The van der Waals surface area contributed by atoms with Crippen LogP contribution in [-0.4, -0.2) is 0 Å². The highest BCUT2D eigenvalue weighted by Gasteiger charge is 2.23. The zero-order valence-electron chi connectivity index (χ0n) is 12.6. The zero-order valence-corrected chi connectivity index (χ0v) is 14.8. The summed E-state index contributed by atoms with van der Waals surface area (Å²) in [6, 6.07) is 14.3. The Balaban J connectivity index is 2.95. The lowest BCUT2D eigenvalue weighted by Crippen LogP contribution is -2.10. The summed E-state index contributed by atoms with van der Waals surface area (Å²) in [7, 11) is 0. The van der Waals surface area contributed by atoms with Crippen LogP contribution in [0.25, 0.3) is 0 Å². The SMILES string of the molecule is CC/C(I)=C(\CC)CCC(c1ccccc1)C(C#N)C#N. The van der Waals surface area contributed by atoms with Crippen molar-refractivity contribution >= 4 is 22.6 Å². The minimum Gasteiger partial charge on any atom is -0.197 e. The average Bonchev–Trinajstić information content (AvgIpc) is 2.55. The molecule has 110 valence electrons. The number of hydrogen-bond donors (Lipinski definition) is 0. The Hall–Kier alpha value is -1.33. The first-order chi connectivity index (χ1) is 10.2. The van der Waals surface area contributed by atoms with Gasteiger partial charge in [0.25, 0.3) is 0 Å². The van der Waals surface area contributed by atoms with Crippen LogP contribution in [0.2, 0.25) is 0 Å². The third-order valence-corrected chi connectivity index (χ3v) is 5.31. The second-order valence-electron chi connectivity index (χ2n) is 5.01. The number of nitriles is 2. The molecule has 0 aliphatic heterocycles. The summed E-state index contributed by atoms with van der Waals surface area (Å²) in [4.78, 5) is 0. The second-order valence-corrected chi connectivity index (χ2v) is 6.31. The molecular formula is C18H21IN2. The van der Waals surface area contributed by atoms with Gasteiger partial charge in [0.1, 0.15) is 5.92 Å². The van der Waals surface area contributed by atoms with Gasteiger partial charge in [0, 0.05) is 5.92 Å². The number of halogens is 1. The van der Waals surface area contributed by atoms with Gasteiger partial charge in [-0.05, 0) is 57.4 Å². The lowest BCUT2D eigenvalue weighted by atomic mass is 9.83. The van der Waals surface area contributed by atoms with E-state index in [1.54, 1.807) is 0 Å². The van der Waals surface area contributed by atoms with Crippen LogP contribution in [0, 0.1) is 28.6 Å². The maximum atomic E-state index is 9.25. The molecule has 2 nitrogen and oxygen atoms in total. The zero-order chi connectivity index (χ0) is 15.7. The fourth-order valence-corrected chi connectivity index (χ4v) is 3.17. The molecule has 0 radical (unpaired) electrons. The van der Waals surface area contributed by atoms with E-state index < -0.39 is 5.92 Å². The van der Waals surface area contributed by atoms with Crippen LogP contribution in [0.1, 0.15) is 51.0 Å². The van der Waals surface area contributed by atoms with Gasteiger partial charge in [-0.3, -0.25) is 0 Å². The van der Waals surface area contributed by atoms with Crippen molar-refractivity contribution in [1.82, 2.24) is 0 Å². The molecule has 0 N–H and O–H groups in total. The third kappa shape index (κ3) is 5.17. The van der Waals surface area contributed by atoms with Crippen molar-refractivity contribution in [3.05, 3.63) is 45.0 Å². The Morgan fingerprint density at radius 1 is 1.10 bits per heavy atom. The first-order valence-electron chi connectivity index (χ1n) is 7.38. The molecular weight excluding hydrogens is 371 g/mol. The molecule has 1 rings (SSSR count). The van der Waals surface area contributed by atoms with Gasteiger partial charge in [0.05, 0.1) is 12.1 Å². The van der Waals surface area contributed by atoms with E-state index >= 15 is 0 Å². The third-order valence-electron chi connectivity index (χ3n) is 3.79. The Bertz CT molecular complexity index is 535. The molecule has 0 fully saturated rings. The first kappa shape index (κ1) is 17.7. The van der Waals surface area contributed by atoms with E-state index in [-0.39, 0.29) is 5.92 Å². The fourth-order valence-electron chi connectivity index (χ4n) is 2.52. The summed E-state index contributed by atoms with van der Waals surface area (Å²) in [6.07, 6.45) is 3.91. The van der Waals surface area contributed by atoms with Crippen molar-refractivity contribution in [3.8, 4) is 12.1 Å². The van der Waals surface area contributed by atoms with E-state index in [4.69, 9.17) is 0 Å². The van der Waals surface area contributed by atoms with Crippen molar-refractivity contribution < 1.29 is 0 Å². The quantitative estimate of drug-likeness (QED) is 0.557. The maximum Gasteiger partial charge on any atom is 0.140 e. The molecule has 0 saturated carbocycles. The summed E-state index contributed by atoms with van der Waals surface area (Å²) < 4.78 is 1.41. The molecule has 0 aliphatic carbocycles. The summed E-state index contributed by atoms with van der Waals surface area (Å²) in [5.74, 6) is -0.589. The molecule has 0 spiro atoms. The van der Waals surface area contributed by atoms with Gasteiger partial charge in [0.15, 0.2) is 0 Å². The topological polar surface area (TPSA) is 47.6 Å². The van der Waals surface area contributed by atoms with Crippen LogP contribution in [0.5, 0.6) is 0 Å². The molecule has 0 amide bonds. The van der Waals surface area contributed by atoms with E-state index in [9.17, 15) is 10.5 Å². The van der Waals surface area contributed by atoms with Crippen LogP contribution >= 0.6 is 22.6 Å². The van der Waals surface area contributed by atoms with Crippen molar-refractivity contribution in [2.45, 2.75) is 45.4 Å². The maximum absolute atomic E-state index is 9.25. The molecule has 0 heterocycles. The highest BCUT2D eigenvalue weighted by molar-refractivity contribution is 14.1. The van der Waals surface area contributed by atoms with Crippen LogP contribution in [-0.2, 0) is 0 Å². The highest BCUT2D eigenvalue weighted by atomic mass is 127. The van der Waals surface area contributed by atoms with Gasteiger partial charge < -0.3 is 0 Å². The molecule has 1 aromatic carbocycles. The standard InChI is InChI=1S/C18H21IN2/c1-3-14(18(19)4-2)10-11-17(16(12-20)13-21)15-8-6-5-7-9-15/h5-9,16-17H,3-4,10-11H2,1-2H3/b18-14-. The lowest BCUT2D eigenvalue weighted by Gasteiger charge is -2.19. The van der Waals surface area contributed by atoms with Crippen molar-refractivity contribution in [1.29, 1.82) is 10.5 Å². The number of rotatable bonds is 7. The van der Waals surface area contributed by atoms with Gasteiger partial charge in [-0.25, -0.2) is 0 Å². The predicted octanol–water partition coefficient (Wildman–Crippen LogP) is 5.72. The first-order valence-corrected chi connectivity index (χ1v) is 8.46. The molecule has 3 heteroatoms. The number of benzene rings is 1. The van der Waals surface area contributed by atoms with Gasteiger partial charge in [0.2, 0.25) is 0 Å². The molecule has 0 aromatic heterocycles. The lowest BCUT2D eigenvalue weighted by molar-refractivity contribution is 0.557. The van der Waals surface area contributed by atoms with Gasteiger partial charge in [-0.2, -0.15) is 10.5 Å². The normalized spacial score (nSPS) is 13.2. The molecule has 21 heavy (non-hydrogen) atoms. The Morgan fingerprint density at radius 2 is 1.71 bits per heavy atom. The van der Waals surface area contributed by atoms with Crippen LogP contribution in [0.4, 0.5) is 0 Å². The van der Waals surface area contributed by atoms with Crippen molar-refractivity contribution in [3.63, 3.8) is 0 Å². The highest BCUT2D eigenvalue weighted by Crippen LogP contribution is 2.33. The molecule has 0 bridgehead atoms. The van der Waals surface area contributed by atoms with E-state index in [0.717, 1.165) is 31.2 Å². The summed E-state index contributed by atoms with van der Waals surface area (Å²) in [6.45, 7) is 4.34. The van der Waals surface area contributed by atoms with Crippen molar-refractivity contribution in [2.75, 3.05) is 0 Å². The van der Waals surface area contributed by atoms with E-state index in [2.05, 4.69) is 48.6 Å². The summed E-state index contributed by atoms with van der Waals surface area (Å²) in [5.41, 5.74) is 2.54. The Labute approximate surface area is 141 Å². The number of hydrogen-bond acceptors (Lipinski definition) is 2. The molecule has 1 aromatic rings. The number of allylic oxidation sites excluding steroid dienone is 2. The number of nitrogens with zero attached hydrogens (tertiary/aromatic N) is 2. The predicted molar refractivity (Wildman–Crippen MR) is 94.8 cm³/mol. The largest absolute Gasteiger partial charge is 0.197 e. The Kier molecular flexibility index (Phi) is 8.08. The minimum atomic E-state index is -0.579. The molecule has 1 unspecified atom stereocenters. The van der Waals surface area contributed by atoms with Crippen LogP contribution in [0.3, 0.4) is 0 Å². The summed E-state index contributed by atoms with van der Waals surface area (Å²) >= 11 is 2.41. The van der Waals surface area contributed by atoms with Crippen LogP contribution < -0.4 is 0 Å². The minimum absolute atomic E-state index is 0.0104. The smallest absolute Gasteiger partial charge is 0.140 e. The van der Waals surface area contributed by atoms with Gasteiger partial charge in [-0.15, -0.1) is 0 Å². The van der Waals surface area contributed by atoms with E-state index in [1.807, 2.05) is 30.3 Å². The van der Waals surface area contributed by atoms with Gasteiger partial charge in [-0.1, -0.05) is 49.8 Å². The summed E-state index contributed by atoms with van der Waals surface area (Å²) in [5, 5.41) is 18.5. The fraction of sp³-hybridized carbons (Fsp3) is 0.444. The van der Waals surface area contributed by atoms with E-state index in [0.29, 0.717) is 0 Å². The molecule has 0 aliphatic rings. The van der Waals surface area contributed by atoms with Gasteiger partial charge >= 0.3 is 0 Å². The Morgan fingerprint density at radius 3 is 2.19 bits per heavy atom. The molecule has 1 atom stereocenters. The van der Waals surface area contributed by atoms with Crippen LogP contribution in [0.15, 0.2) is 39.5 Å². The second kappa shape index (κ2) is 9.58.